The first-order valence-electron chi connectivity index (χ1n) is 8.89. The van der Waals surface area contributed by atoms with Crippen molar-refractivity contribution in [1.82, 2.24) is 4.90 Å². The molecule has 0 aliphatic carbocycles. The maximum Gasteiger partial charge on any atom is 0.239 e. The van der Waals surface area contributed by atoms with Gasteiger partial charge in [0, 0.05) is 17.0 Å². The van der Waals surface area contributed by atoms with Gasteiger partial charge in [-0.1, -0.05) is 20.3 Å². The van der Waals surface area contributed by atoms with Crippen molar-refractivity contribution in [3.8, 4) is 0 Å². The molecule has 1 fully saturated rings. The molecule has 0 aromatic carbocycles. The second-order valence-electron chi connectivity index (χ2n) is 6.49. The number of amides is 1. The number of fused-ring (bicyclic) bond motifs is 1. The standard InChI is InChI=1S/C18H27N3OS/c1-3-13-10-19-11-15-17(13)14(4-2)18(23-15)20-16(22)12-21-8-6-5-7-9-21/h10,13H,3-9,11-12H2,1-2H3,(H,20,22). The van der Waals surface area contributed by atoms with E-state index < -0.39 is 0 Å². The van der Waals surface area contributed by atoms with Crippen LogP contribution in [0.25, 0.3) is 0 Å². The van der Waals surface area contributed by atoms with Crippen LogP contribution in [0.4, 0.5) is 5.00 Å². The number of likely N-dealkylation sites (tertiary alicyclic amines) is 1. The summed E-state index contributed by atoms with van der Waals surface area (Å²) in [5.41, 5.74) is 2.76. The number of rotatable bonds is 5. The third-order valence-corrected chi connectivity index (χ3v) is 6.03. The first kappa shape index (κ1) is 16.7. The number of piperidine rings is 1. The number of anilines is 1. The predicted molar refractivity (Wildman–Crippen MR) is 97.8 cm³/mol. The molecule has 1 amide bonds. The van der Waals surface area contributed by atoms with Crippen molar-refractivity contribution in [2.75, 3.05) is 25.0 Å². The van der Waals surface area contributed by atoms with Crippen molar-refractivity contribution in [3.05, 3.63) is 16.0 Å². The molecule has 4 nitrogen and oxygen atoms in total. The van der Waals surface area contributed by atoms with Crippen molar-refractivity contribution in [3.63, 3.8) is 0 Å². The molecular formula is C18H27N3OS. The zero-order chi connectivity index (χ0) is 16.2. The zero-order valence-corrected chi connectivity index (χ0v) is 15.0. The summed E-state index contributed by atoms with van der Waals surface area (Å²) in [7, 11) is 0. The van der Waals surface area contributed by atoms with Gasteiger partial charge >= 0.3 is 0 Å². The summed E-state index contributed by atoms with van der Waals surface area (Å²) in [5, 5.41) is 4.25. The van der Waals surface area contributed by atoms with Crippen LogP contribution in [0, 0.1) is 0 Å². The summed E-state index contributed by atoms with van der Waals surface area (Å²) in [4.78, 5) is 20.5. The first-order chi connectivity index (χ1) is 11.2. The van der Waals surface area contributed by atoms with Gasteiger partial charge in [0.05, 0.1) is 18.1 Å². The first-order valence-corrected chi connectivity index (χ1v) is 9.71. The molecule has 3 heterocycles. The molecule has 1 aromatic rings. The Labute approximate surface area is 143 Å². The average Bonchev–Trinajstić information content (AvgIpc) is 2.92. The number of thiophene rings is 1. The number of nitrogens with one attached hydrogen (secondary N) is 1. The number of aliphatic imine (C=N–C) groups is 1. The Morgan fingerprint density at radius 2 is 2.13 bits per heavy atom. The number of carbonyl (C=O) groups excluding carboxylic acids is 1. The molecule has 126 valence electrons. The van der Waals surface area contributed by atoms with Gasteiger partial charge in [-0.25, -0.2) is 0 Å². The van der Waals surface area contributed by atoms with Gasteiger partial charge in [-0.3, -0.25) is 14.7 Å². The maximum atomic E-state index is 12.4. The van der Waals surface area contributed by atoms with Gasteiger partial charge in [0.2, 0.25) is 5.91 Å². The van der Waals surface area contributed by atoms with E-state index in [1.54, 1.807) is 11.3 Å². The van der Waals surface area contributed by atoms with Crippen LogP contribution >= 0.6 is 11.3 Å². The molecule has 1 atom stereocenters. The van der Waals surface area contributed by atoms with Crippen molar-refractivity contribution < 1.29 is 4.79 Å². The Morgan fingerprint density at radius 3 is 2.83 bits per heavy atom. The molecule has 1 aromatic heterocycles. The minimum Gasteiger partial charge on any atom is -0.316 e. The van der Waals surface area contributed by atoms with Crippen molar-refractivity contribution in [2.45, 2.75) is 58.4 Å². The fraction of sp³-hybridized carbons (Fsp3) is 0.667. The molecule has 0 saturated carbocycles. The molecule has 2 aliphatic heterocycles. The third-order valence-electron chi connectivity index (χ3n) is 4.88. The van der Waals surface area contributed by atoms with E-state index in [0.29, 0.717) is 12.5 Å². The van der Waals surface area contributed by atoms with E-state index in [0.717, 1.165) is 37.5 Å². The molecule has 0 spiro atoms. The number of hydrogen-bond donors (Lipinski definition) is 1. The highest BCUT2D eigenvalue weighted by molar-refractivity contribution is 7.16. The van der Waals surface area contributed by atoms with Crippen molar-refractivity contribution in [2.24, 2.45) is 4.99 Å². The van der Waals surface area contributed by atoms with E-state index in [4.69, 9.17) is 0 Å². The van der Waals surface area contributed by atoms with E-state index in [-0.39, 0.29) is 5.91 Å². The van der Waals surface area contributed by atoms with Crippen LogP contribution in [0.2, 0.25) is 0 Å². The Morgan fingerprint density at radius 1 is 1.35 bits per heavy atom. The molecular weight excluding hydrogens is 306 g/mol. The smallest absolute Gasteiger partial charge is 0.239 e. The Bertz CT molecular complexity index is 587. The van der Waals surface area contributed by atoms with Crippen LogP contribution in [0.15, 0.2) is 4.99 Å². The topological polar surface area (TPSA) is 44.7 Å². The number of nitrogens with zero attached hydrogens (tertiary/aromatic N) is 2. The average molecular weight is 334 g/mol. The second kappa shape index (κ2) is 7.58. The molecule has 1 saturated heterocycles. The van der Waals surface area contributed by atoms with E-state index in [1.165, 1.54) is 35.3 Å². The molecule has 5 heteroatoms. The van der Waals surface area contributed by atoms with Gasteiger partial charge in [0.15, 0.2) is 0 Å². The molecule has 23 heavy (non-hydrogen) atoms. The number of hydrogen-bond acceptors (Lipinski definition) is 4. The summed E-state index contributed by atoms with van der Waals surface area (Å²) in [6.45, 7) is 7.80. The van der Waals surface area contributed by atoms with Crippen LogP contribution in [0.3, 0.4) is 0 Å². The maximum absolute atomic E-state index is 12.4. The van der Waals surface area contributed by atoms with Crippen LogP contribution in [-0.2, 0) is 17.8 Å². The van der Waals surface area contributed by atoms with Gasteiger partial charge in [-0.2, -0.15) is 0 Å². The third kappa shape index (κ3) is 3.66. The summed E-state index contributed by atoms with van der Waals surface area (Å²) in [6.07, 6.45) is 7.87. The van der Waals surface area contributed by atoms with E-state index in [2.05, 4.69) is 35.3 Å². The number of carbonyl (C=O) groups is 1. The van der Waals surface area contributed by atoms with Crippen LogP contribution in [-0.4, -0.2) is 36.7 Å². The summed E-state index contributed by atoms with van der Waals surface area (Å²) in [6, 6.07) is 0. The quantitative estimate of drug-likeness (QED) is 0.890. The van der Waals surface area contributed by atoms with E-state index in [9.17, 15) is 4.79 Å². The lowest BCUT2D eigenvalue weighted by Crippen LogP contribution is -2.36. The zero-order valence-electron chi connectivity index (χ0n) is 14.2. The predicted octanol–water partition coefficient (Wildman–Crippen LogP) is 3.81. The SMILES string of the molecule is CCc1c(NC(=O)CN2CCCCC2)sc2c1C(CC)C=NC2. The van der Waals surface area contributed by atoms with Gasteiger partial charge < -0.3 is 5.32 Å². The monoisotopic (exact) mass is 333 g/mol. The molecule has 0 radical (unpaired) electrons. The lowest BCUT2D eigenvalue weighted by Gasteiger charge is -2.25. The van der Waals surface area contributed by atoms with Gasteiger partial charge in [0.1, 0.15) is 0 Å². The molecule has 2 aliphatic rings. The minimum absolute atomic E-state index is 0.133. The lowest BCUT2D eigenvalue weighted by molar-refractivity contribution is -0.117. The highest BCUT2D eigenvalue weighted by atomic mass is 32.1. The van der Waals surface area contributed by atoms with Gasteiger partial charge in [0.25, 0.3) is 0 Å². The van der Waals surface area contributed by atoms with Crippen molar-refractivity contribution in [1.29, 1.82) is 0 Å². The Hall–Kier alpha value is -1.20. The fourth-order valence-electron chi connectivity index (χ4n) is 3.66. The van der Waals surface area contributed by atoms with E-state index in [1.807, 2.05) is 0 Å². The second-order valence-corrected chi connectivity index (χ2v) is 7.59. The fourth-order valence-corrected chi connectivity index (χ4v) is 4.98. The molecule has 1 unspecified atom stereocenters. The Balaban J connectivity index is 1.72. The Kier molecular flexibility index (Phi) is 5.49. The largest absolute Gasteiger partial charge is 0.316 e. The van der Waals surface area contributed by atoms with E-state index >= 15 is 0 Å². The van der Waals surface area contributed by atoms with Gasteiger partial charge in [-0.05, 0) is 49.9 Å². The van der Waals surface area contributed by atoms with Crippen LogP contribution < -0.4 is 5.32 Å². The minimum atomic E-state index is 0.133. The molecule has 3 rings (SSSR count). The molecule has 0 bridgehead atoms. The summed E-state index contributed by atoms with van der Waals surface area (Å²) < 4.78 is 0. The van der Waals surface area contributed by atoms with Crippen molar-refractivity contribution >= 4 is 28.5 Å². The normalized spacial score (nSPS) is 21.2. The summed E-state index contributed by atoms with van der Waals surface area (Å²) >= 11 is 1.73. The lowest BCUT2D eigenvalue weighted by atomic mass is 9.91. The summed E-state index contributed by atoms with van der Waals surface area (Å²) in [5.74, 6) is 0.548. The van der Waals surface area contributed by atoms with Crippen LogP contribution in [0.1, 0.15) is 61.5 Å². The van der Waals surface area contributed by atoms with Gasteiger partial charge in [-0.15, -0.1) is 11.3 Å². The highest BCUT2D eigenvalue weighted by Gasteiger charge is 2.25. The van der Waals surface area contributed by atoms with Crippen LogP contribution in [0.5, 0.6) is 0 Å². The highest BCUT2D eigenvalue weighted by Crippen LogP contribution is 2.41. The molecule has 1 N–H and O–H groups in total.